The van der Waals surface area contributed by atoms with E-state index >= 15 is 0 Å². The van der Waals surface area contributed by atoms with Gasteiger partial charge >= 0.3 is 0 Å². The van der Waals surface area contributed by atoms with Gasteiger partial charge in [-0.2, -0.15) is 0 Å². The highest BCUT2D eigenvalue weighted by Gasteiger charge is 2.46. The van der Waals surface area contributed by atoms with Gasteiger partial charge in [0.05, 0.1) is 0 Å². The van der Waals surface area contributed by atoms with Crippen LogP contribution in [-0.4, -0.2) is 0 Å². The minimum Gasteiger partial charge on any atom is -0.0654 e. The van der Waals surface area contributed by atoms with Crippen molar-refractivity contribution in [3.05, 3.63) is 80.9 Å². The third-order valence-corrected chi connectivity index (χ3v) is 9.15. The van der Waals surface area contributed by atoms with E-state index in [1.165, 1.54) is 77.0 Å². The molecule has 0 heterocycles. The molecule has 0 radical (unpaired) electrons. The van der Waals surface area contributed by atoms with E-state index < -0.39 is 0 Å². The smallest absolute Gasteiger partial charge is 0.0118 e. The SMILES string of the molecule is CCCCCC1=Cc2c(CCC)cccc2C1C(C)(C)C1C(CCCCC)=Cc2c(CCC)cccc21. The molecule has 0 saturated heterocycles. The number of rotatable bonds is 14. The lowest BCUT2D eigenvalue weighted by Crippen LogP contribution is -2.31. The van der Waals surface area contributed by atoms with Crippen LogP contribution in [0.15, 0.2) is 47.5 Å². The Morgan fingerprint density at radius 3 is 1.35 bits per heavy atom. The molecular weight excluding hydrogens is 444 g/mol. The first-order valence-corrected chi connectivity index (χ1v) is 15.6. The van der Waals surface area contributed by atoms with Gasteiger partial charge in [0.2, 0.25) is 0 Å². The first-order chi connectivity index (χ1) is 18.0. The molecule has 0 spiro atoms. The second kappa shape index (κ2) is 12.6. The highest BCUT2D eigenvalue weighted by molar-refractivity contribution is 5.73. The van der Waals surface area contributed by atoms with Crippen molar-refractivity contribution < 1.29 is 0 Å². The summed E-state index contributed by atoms with van der Waals surface area (Å²) in [4.78, 5) is 0. The normalized spacial score (nSPS) is 18.5. The molecule has 2 unspecified atom stereocenters. The van der Waals surface area contributed by atoms with Crippen LogP contribution in [0.4, 0.5) is 0 Å². The van der Waals surface area contributed by atoms with Crippen LogP contribution < -0.4 is 0 Å². The van der Waals surface area contributed by atoms with Gasteiger partial charge in [-0.15, -0.1) is 0 Å². The average molecular weight is 497 g/mol. The summed E-state index contributed by atoms with van der Waals surface area (Å²) in [7, 11) is 0. The molecule has 0 saturated carbocycles. The van der Waals surface area contributed by atoms with Crippen LogP contribution >= 0.6 is 0 Å². The van der Waals surface area contributed by atoms with Crippen molar-refractivity contribution in [1.82, 2.24) is 0 Å². The van der Waals surface area contributed by atoms with Gasteiger partial charge in [0.25, 0.3) is 0 Å². The third-order valence-electron chi connectivity index (χ3n) is 9.15. The van der Waals surface area contributed by atoms with Gasteiger partial charge in [0.1, 0.15) is 0 Å². The van der Waals surface area contributed by atoms with E-state index in [9.17, 15) is 0 Å². The molecular formula is C37H52. The largest absolute Gasteiger partial charge is 0.0654 e. The fourth-order valence-electron chi connectivity index (χ4n) is 7.55. The van der Waals surface area contributed by atoms with Crippen LogP contribution in [0.3, 0.4) is 0 Å². The lowest BCUT2D eigenvalue weighted by molar-refractivity contribution is 0.267. The first-order valence-electron chi connectivity index (χ1n) is 15.6. The second-order valence-corrected chi connectivity index (χ2v) is 12.4. The summed E-state index contributed by atoms with van der Waals surface area (Å²) in [6, 6.07) is 14.4. The molecule has 2 aromatic rings. The Bertz CT molecular complexity index is 1020. The van der Waals surface area contributed by atoms with E-state index in [2.05, 4.69) is 90.1 Å². The van der Waals surface area contributed by atoms with E-state index in [0.717, 1.165) is 0 Å². The molecule has 4 rings (SSSR count). The Hall–Kier alpha value is -2.08. The predicted octanol–water partition coefficient (Wildman–Crippen LogP) is 11.4. The molecule has 2 aliphatic rings. The molecule has 2 atom stereocenters. The van der Waals surface area contributed by atoms with Gasteiger partial charge in [-0.1, -0.05) is 140 Å². The predicted molar refractivity (Wildman–Crippen MR) is 164 cm³/mol. The van der Waals surface area contributed by atoms with E-state index in [0.29, 0.717) is 11.8 Å². The number of benzene rings is 2. The van der Waals surface area contributed by atoms with Crippen LogP contribution in [0.5, 0.6) is 0 Å². The number of allylic oxidation sites excluding steroid dienone is 2. The van der Waals surface area contributed by atoms with Gasteiger partial charge in [0.15, 0.2) is 0 Å². The molecule has 0 N–H and O–H groups in total. The van der Waals surface area contributed by atoms with E-state index in [4.69, 9.17) is 0 Å². The highest BCUT2D eigenvalue weighted by Crippen LogP contribution is 2.60. The summed E-state index contributed by atoms with van der Waals surface area (Å²) in [5.74, 6) is 0.994. The van der Waals surface area contributed by atoms with Crippen LogP contribution in [-0.2, 0) is 12.8 Å². The van der Waals surface area contributed by atoms with Crippen LogP contribution in [0.1, 0.15) is 151 Å². The fraction of sp³-hybridized carbons (Fsp3) is 0.568. The van der Waals surface area contributed by atoms with Crippen molar-refractivity contribution in [2.45, 2.75) is 130 Å². The summed E-state index contributed by atoms with van der Waals surface area (Å²) in [6.45, 7) is 14.5. The lowest BCUT2D eigenvalue weighted by Gasteiger charge is -2.42. The van der Waals surface area contributed by atoms with E-state index in [1.807, 2.05) is 0 Å². The maximum atomic E-state index is 2.63. The third kappa shape index (κ3) is 5.69. The van der Waals surface area contributed by atoms with E-state index in [-0.39, 0.29) is 5.41 Å². The summed E-state index contributed by atoms with van der Waals surface area (Å²) >= 11 is 0. The summed E-state index contributed by atoms with van der Waals surface area (Å²) in [5, 5.41) is 0. The molecule has 0 fully saturated rings. The van der Waals surface area contributed by atoms with Crippen molar-refractivity contribution in [1.29, 1.82) is 0 Å². The zero-order valence-electron chi connectivity index (χ0n) is 24.8. The molecule has 0 bridgehead atoms. The van der Waals surface area contributed by atoms with Crippen molar-refractivity contribution in [2.75, 3.05) is 0 Å². The molecule has 0 aromatic heterocycles. The zero-order chi connectivity index (χ0) is 26.4. The molecule has 0 nitrogen and oxygen atoms in total. The average Bonchev–Trinajstić information content (AvgIpc) is 3.45. The monoisotopic (exact) mass is 496 g/mol. The van der Waals surface area contributed by atoms with Gasteiger partial charge in [-0.25, -0.2) is 0 Å². The molecule has 0 aliphatic heterocycles. The Labute approximate surface area is 228 Å². The quantitative estimate of drug-likeness (QED) is 0.228. The number of hydrogen-bond donors (Lipinski definition) is 0. The second-order valence-electron chi connectivity index (χ2n) is 12.4. The fourth-order valence-corrected chi connectivity index (χ4v) is 7.55. The molecule has 2 aromatic carbocycles. The summed E-state index contributed by atoms with van der Waals surface area (Å²) in [5.41, 5.74) is 13.0. The van der Waals surface area contributed by atoms with Gasteiger partial charge in [0, 0.05) is 11.8 Å². The van der Waals surface area contributed by atoms with Gasteiger partial charge in [-0.05, 0) is 77.3 Å². The number of hydrogen-bond acceptors (Lipinski definition) is 0. The topological polar surface area (TPSA) is 0 Å². The molecule has 0 heteroatoms. The van der Waals surface area contributed by atoms with Crippen LogP contribution in [0.2, 0.25) is 0 Å². The van der Waals surface area contributed by atoms with E-state index in [1.54, 1.807) is 44.5 Å². The van der Waals surface area contributed by atoms with Crippen LogP contribution in [0.25, 0.3) is 12.2 Å². The maximum Gasteiger partial charge on any atom is 0.0118 e. The Kier molecular flexibility index (Phi) is 9.55. The molecule has 0 amide bonds. The lowest BCUT2D eigenvalue weighted by atomic mass is 9.61. The van der Waals surface area contributed by atoms with Crippen molar-refractivity contribution in [3.63, 3.8) is 0 Å². The minimum absolute atomic E-state index is 0.127. The van der Waals surface area contributed by atoms with Gasteiger partial charge in [-0.3, -0.25) is 0 Å². The number of fused-ring (bicyclic) bond motifs is 2. The van der Waals surface area contributed by atoms with Crippen molar-refractivity contribution >= 4 is 12.2 Å². The molecule has 2 aliphatic carbocycles. The summed E-state index contributed by atoms with van der Waals surface area (Å²) < 4.78 is 0. The maximum absolute atomic E-state index is 2.63. The highest BCUT2D eigenvalue weighted by atomic mass is 14.5. The number of aryl methyl sites for hydroxylation is 2. The minimum atomic E-state index is 0.127. The number of unbranched alkanes of at least 4 members (excludes halogenated alkanes) is 4. The zero-order valence-corrected chi connectivity index (χ0v) is 24.8. The molecule has 37 heavy (non-hydrogen) atoms. The first kappa shape index (κ1) is 27.9. The summed E-state index contributed by atoms with van der Waals surface area (Å²) in [6.07, 6.45) is 20.4. The van der Waals surface area contributed by atoms with Crippen molar-refractivity contribution in [3.8, 4) is 0 Å². The standard InChI is InChI=1S/C37H52/c1-7-11-13-19-29-25-33-27(17-9-3)21-15-23-31(33)35(29)37(5,6)36-30(20-14-12-8-2)26-34-28(18-10-4)22-16-24-32(34)36/h15-16,21-26,35-36H,7-14,17-20H2,1-6H3. The molecule has 200 valence electrons. The Morgan fingerprint density at radius 2 is 0.973 bits per heavy atom. The van der Waals surface area contributed by atoms with Gasteiger partial charge < -0.3 is 0 Å². The van der Waals surface area contributed by atoms with Crippen LogP contribution in [0, 0.1) is 5.41 Å². The van der Waals surface area contributed by atoms with Crippen molar-refractivity contribution in [2.24, 2.45) is 5.41 Å². The Morgan fingerprint density at radius 1 is 0.541 bits per heavy atom. The Balaban J connectivity index is 1.80.